The molecule has 7 heteroatoms. The Morgan fingerprint density at radius 2 is 1.96 bits per heavy atom. The summed E-state index contributed by atoms with van der Waals surface area (Å²) in [5, 5.41) is 3.63. The maximum absolute atomic E-state index is 12.1. The molecule has 1 aliphatic heterocycles. The molecule has 0 spiro atoms. The van der Waals surface area contributed by atoms with E-state index in [1.807, 2.05) is 39.0 Å². The Hall–Kier alpha value is -1.76. The normalized spacial score (nSPS) is 16.0. The number of carbonyl (C=O) groups is 1. The maximum atomic E-state index is 12.1. The molecule has 0 aliphatic carbocycles. The zero-order valence-electron chi connectivity index (χ0n) is 13.8. The largest absolute Gasteiger partial charge is 0.444 e. The number of benzene rings is 1. The van der Waals surface area contributed by atoms with Crippen molar-refractivity contribution in [3.63, 3.8) is 0 Å². The summed E-state index contributed by atoms with van der Waals surface area (Å²) in [7, 11) is 0. The fraction of sp³-hybridized carbons (Fsp3) is 0.500. The van der Waals surface area contributed by atoms with Crippen LogP contribution in [-0.2, 0) is 4.74 Å². The zero-order chi connectivity index (χ0) is 17.0. The van der Waals surface area contributed by atoms with E-state index in [2.05, 4.69) is 25.9 Å². The van der Waals surface area contributed by atoms with Gasteiger partial charge >= 0.3 is 6.09 Å². The quantitative estimate of drug-likeness (QED) is 0.484. The maximum Gasteiger partial charge on any atom is 0.410 e. The van der Waals surface area contributed by atoms with Crippen molar-refractivity contribution in [1.82, 2.24) is 4.90 Å². The summed E-state index contributed by atoms with van der Waals surface area (Å²) < 4.78 is 6.40. The molecule has 1 heterocycles. The van der Waals surface area contributed by atoms with Crippen molar-refractivity contribution in [2.75, 3.05) is 31.1 Å². The van der Waals surface area contributed by atoms with Crippen molar-refractivity contribution >= 4 is 33.9 Å². The van der Waals surface area contributed by atoms with E-state index in [1.54, 1.807) is 11.1 Å². The lowest BCUT2D eigenvalue weighted by Crippen LogP contribution is -2.50. The van der Waals surface area contributed by atoms with Crippen molar-refractivity contribution in [2.45, 2.75) is 26.4 Å². The molecule has 1 aromatic carbocycles. The minimum Gasteiger partial charge on any atom is -0.444 e. The first-order valence-corrected chi connectivity index (χ1v) is 8.35. The molecule has 2 N–H and O–H groups in total. The molecule has 23 heavy (non-hydrogen) atoms. The summed E-state index contributed by atoms with van der Waals surface area (Å²) >= 11 is 3.46. The molecule has 1 aliphatic rings. The van der Waals surface area contributed by atoms with Gasteiger partial charge in [-0.3, -0.25) is 0 Å². The molecule has 0 aromatic heterocycles. The van der Waals surface area contributed by atoms with E-state index in [0.717, 1.165) is 28.8 Å². The van der Waals surface area contributed by atoms with Crippen LogP contribution in [0.4, 0.5) is 10.5 Å². The Kier molecular flexibility index (Phi) is 5.51. The minimum absolute atomic E-state index is 0.253. The van der Waals surface area contributed by atoms with Crippen LogP contribution in [0.2, 0.25) is 0 Å². The molecule has 1 amide bonds. The van der Waals surface area contributed by atoms with Crippen molar-refractivity contribution in [1.29, 1.82) is 0 Å². The first-order valence-electron chi connectivity index (χ1n) is 7.56. The lowest BCUT2D eigenvalue weighted by atomic mass is 10.1. The van der Waals surface area contributed by atoms with Gasteiger partial charge in [-0.1, -0.05) is 15.9 Å². The Balaban J connectivity index is 2.04. The van der Waals surface area contributed by atoms with Gasteiger partial charge in [0.05, 0.1) is 6.21 Å². The van der Waals surface area contributed by atoms with Crippen LogP contribution in [0.5, 0.6) is 0 Å². The first-order chi connectivity index (χ1) is 10.8. The number of nitrogens with two attached hydrogens (primary N) is 1. The van der Waals surface area contributed by atoms with Gasteiger partial charge in [-0.25, -0.2) is 4.79 Å². The predicted molar refractivity (Wildman–Crippen MR) is 95.9 cm³/mol. The monoisotopic (exact) mass is 382 g/mol. The van der Waals surface area contributed by atoms with Gasteiger partial charge in [0.2, 0.25) is 0 Å². The highest BCUT2D eigenvalue weighted by Crippen LogP contribution is 2.25. The average Bonchev–Trinajstić information content (AvgIpc) is 2.46. The molecule has 1 saturated heterocycles. The smallest absolute Gasteiger partial charge is 0.410 e. The molecular weight excluding hydrogens is 360 g/mol. The van der Waals surface area contributed by atoms with E-state index in [1.165, 1.54) is 0 Å². The number of rotatable bonds is 2. The fourth-order valence-electron chi connectivity index (χ4n) is 2.45. The molecular formula is C16H23BrN4O2. The van der Waals surface area contributed by atoms with Crippen LogP contribution >= 0.6 is 15.9 Å². The Morgan fingerprint density at radius 3 is 2.52 bits per heavy atom. The van der Waals surface area contributed by atoms with Gasteiger partial charge in [0.15, 0.2) is 0 Å². The lowest BCUT2D eigenvalue weighted by Gasteiger charge is -2.37. The van der Waals surface area contributed by atoms with Crippen LogP contribution in [0, 0.1) is 0 Å². The summed E-state index contributed by atoms with van der Waals surface area (Å²) in [6.07, 6.45) is 1.39. The predicted octanol–water partition coefficient (Wildman–Crippen LogP) is 2.80. The van der Waals surface area contributed by atoms with Gasteiger partial charge in [-0.15, -0.1) is 0 Å². The third-order valence-electron chi connectivity index (χ3n) is 3.48. The van der Waals surface area contributed by atoms with Gasteiger partial charge in [0, 0.05) is 41.9 Å². The number of amides is 1. The van der Waals surface area contributed by atoms with Crippen LogP contribution in [-0.4, -0.2) is 49.0 Å². The van der Waals surface area contributed by atoms with Crippen LogP contribution in [0.1, 0.15) is 26.3 Å². The molecule has 1 aromatic rings. The number of ether oxygens (including phenoxy) is 1. The number of nitrogens with zero attached hydrogens (tertiary/aromatic N) is 3. The number of anilines is 1. The highest BCUT2D eigenvalue weighted by Gasteiger charge is 2.26. The summed E-state index contributed by atoms with van der Waals surface area (Å²) in [5.41, 5.74) is 1.55. The van der Waals surface area contributed by atoms with Gasteiger partial charge in [-0.2, -0.15) is 5.10 Å². The zero-order valence-corrected chi connectivity index (χ0v) is 15.3. The number of hydrogen-bond donors (Lipinski definition) is 1. The lowest BCUT2D eigenvalue weighted by molar-refractivity contribution is 0.0240. The molecule has 0 radical (unpaired) electrons. The molecule has 0 atom stereocenters. The first kappa shape index (κ1) is 17.6. The second kappa shape index (κ2) is 7.21. The number of hydrogen-bond acceptors (Lipinski definition) is 5. The van der Waals surface area contributed by atoms with Crippen molar-refractivity contribution in [2.24, 2.45) is 10.9 Å². The van der Waals surface area contributed by atoms with Crippen LogP contribution in [0.15, 0.2) is 27.8 Å². The molecule has 6 nitrogen and oxygen atoms in total. The standard InChI is InChI=1S/C16H23BrN4O2/c1-16(2,3)23-15(22)21-8-6-20(7-9-21)14-5-4-13(17)10-12(14)11-19-18/h4-5,10-11H,6-9,18H2,1-3H3. The van der Waals surface area contributed by atoms with E-state index in [-0.39, 0.29) is 6.09 Å². The summed E-state index contributed by atoms with van der Waals surface area (Å²) in [4.78, 5) is 16.1. The fourth-order valence-corrected chi connectivity index (χ4v) is 2.83. The second-order valence-corrected chi connectivity index (χ2v) is 7.35. The highest BCUT2D eigenvalue weighted by molar-refractivity contribution is 9.10. The van der Waals surface area contributed by atoms with E-state index >= 15 is 0 Å². The Bertz CT molecular complexity index is 590. The Labute approximate surface area is 145 Å². The highest BCUT2D eigenvalue weighted by atomic mass is 79.9. The van der Waals surface area contributed by atoms with Crippen LogP contribution in [0.3, 0.4) is 0 Å². The van der Waals surface area contributed by atoms with E-state index in [4.69, 9.17) is 10.6 Å². The number of piperazine rings is 1. The topological polar surface area (TPSA) is 71.2 Å². The second-order valence-electron chi connectivity index (χ2n) is 6.44. The molecule has 126 valence electrons. The molecule has 0 saturated carbocycles. The summed E-state index contributed by atoms with van der Waals surface area (Å²) in [6.45, 7) is 8.37. The SMILES string of the molecule is CC(C)(C)OC(=O)N1CCN(c2ccc(Br)cc2C=NN)CC1. The van der Waals surface area contributed by atoms with E-state index in [0.29, 0.717) is 13.1 Å². The van der Waals surface area contributed by atoms with E-state index < -0.39 is 5.60 Å². The average molecular weight is 383 g/mol. The van der Waals surface area contributed by atoms with Crippen LogP contribution in [0.25, 0.3) is 0 Å². The van der Waals surface area contributed by atoms with Crippen molar-refractivity contribution in [3.8, 4) is 0 Å². The van der Waals surface area contributed by atoms with Gasteiger partial charge in [0.1, 0.15) is 5.60 Å². The van der Waals surface area contributed by atoms with Crippen molar-refractivity contribution < 1.29 is 9.53 Å². The molecule has 1 fully saturated rings. The van der Waals surface area contributed by atoms with Gasteiger partial charge < -0.3 is 20.4 Å². The number of halogens is 1. The third-order valence-corrected chi connectivity index (χ3v) is 3.97. The number of carbonyl (C=O) groups excluding carboxylic acids is 1. The minimum atomic E-state index is -0.468. The van der Waals surface area contributed by atoms with Gasteiger partial charge in [-0.05, 0) is 39.0 Å². The molecule has 0 unspecified atom stereocenters. The summed E-state index contributed by atoms with van der Waals surface area (Å²) in [6, 6.07) is 6.00. The Morgan fingerprint density at radius 1 is 1.30 bits per heavy atom. The van der Waals surface area contributed by atoms with Crippen molar-refractivity contribution in [3.05, 3.63) is 28.2 Å². The molecule has 2 rings (SSSR count). The summed E-state index contributed by atoms with van der Waals surface area (Å²) in [5.74, 6) is 5.30. The van der Waals surface area contributed by atoms with Gasteiger partial charge in [0.25, 0.3) is 0 Å². The molecule has 0 bridgehead atoms. The number of hydrazone groups is 1. The third kappa shape index (κ3) is 4.86. The van der Waals surface area contributed by atoms with E-state index in [9.17, 15) is 4.79 Å². The van der Waals surface area contributed by atoms with Crippen LogP contribution < -0.4 is 10.7 Å².